The number of hydrogen-bond acceptors (Lipinski definition) is 4. The lowest BCUT2D eigenvalue weighted by atomic mass is 10.3. The molecule has 2 heterocycles. The minimum Gasteiger partial charge on any atom is -0.476 e. The maximum atomic E-state index is 10.7. The third-order valence-corrected chi connectivity index (χ3v) is 3.16. The van der Waals surface area contributed by atoms with Crippen molar-refractivity contribution < 1.29 is 9.90 Å². The number of carboxylic acid groups (broad SMARTS) is 1. The molecule has 0 saturated heterocycles. The lowest BCUT2D eigenvalue weighted by molar-refractivity contribution is 0.0690. The van der Waals surface area contributed by atoms with Crippen molar-refractivity contribution in [3.63, 3.8) is 0 Å². The smallest absolute Gasteiger partial charge is 0.358 e. The molecule has 20 heavy (non-hydrogen) atoms. The normalized spacial score (nSPS) is 11.1. The summed E-state index contributed by atoms with van der Waals surface area (Å²) in [6.45, 7) is 3.15. The van der Waals surface area contributed by atoms with Gasteiger partial charge in [-0.25, -0.2) is 14.5 Å². The van der Waals surface area contributed by atoms with E-state index in [4.69, 9.17) is 5.11 Å². The minimum absolute atomic E-state index is 0.0442. The lowest BCUT2D eigenvalue weighted by Crippen LogP contribution is -2.09. The Balaban J connectivity index is 1.82. The zero-order chi connectivity index (χ0) is 14.1. The Labute approximate surface area is 114 Å². The first-order chi connectivity index (χ1) is 9.65. The van der Waals surface area contributed by atoms with Crippen molar-refractivity contribution in [1.82, 2.24) is 24.5 Å². The molecule has 0 amide bonds. The highest BCUT2D eigenvalue weighted by atomic mass is 16.4. The van der Waals surface area contributed by atoms with Crippen LogP contribution >= 0.6 is 0 Å². The summed E-state index contributed by atoms with van der Waals surface area (Å²) in [5, 5.41) is 16.2. The lowest BCUT2D eigenvalue weighted by Gasteiger charge is -2.06. The van der Waals surface area contributed by atoms with E-state index in [1.54, 1.807) is 0 Å². The van der Waals surface area contributed by atoms with Crippen molar-refractivity contribution >= 4 is 17.0 Å². The number of nitrogens with zero attached hydrogens (tertiary/aromatic N) is 5. The summed E-state index contributed by atoms with van der Waals surface area (Å²) in [7, 11) is 0. The quantitative estimate of drug-likeness (QED) is 0.773. The van der Waals surface area contributed by atoms with Crippen LogP contribution in [0.2, 0.25) is 0 Å². The number of para-hydroxylation sites is 2. The topological polar surface area (TPSA) is 85.8 Å². The predicted octanol–water partition coefficient (Wildman–Crippen LogP) is 1.33. The summed E-state index contributed by atoms with van der Waals surface area (Å²) in [6, 6.07) is 7.91. The van der Waals surface area contributed by atoms with Gasteiger partial charge in [0.25, 0.3) is 0 Å². The van der Waals surface area contributed by atoms with Gasteiger partial charge in [0.2, 0.25) is 0 Å². The van der Waals surface area contributed by atoms with Gasteiger partial charge in [0.1, 0.15) is 5.82 Å². The molecule has 3 aromatic rings. The van der Waals surface area contributed by atoms with Crippen LogP contribution in [0, 0.1) is 6.92 Å². The number of carboxylic acids is 1. The van der Waals surface area contributed by atoms with Crippen LogP contribution in [-0.4, -0.2) is 35.6 Å². The number of imidazole rings is 1. The van der Waals surface area contributed by atoms with E-state index >= 15 is 0 Å². The van der Waals surface area contributed by atoms with Gasteiger partial charge in [-0.05, 0) is 19.1 Å². The molecular weight excluding hydrogens is 258 g/mol. The second-order valence-corrected chi connectivity index (χ2v) is 4.47. The molecule has 7 nitrogen and oxygen atoms in total. The molecule has 0 atom stereocenters. The molecule has 2 aromatic heterocycles. The molecule has 7 heteroatoms. The number of rotatable bonds is 4. The van der Waals surface area contributed by atoms with Gasteiger partial charge >= 0.3 is 5.97 Å². The standard InChI is InChI=1S/C13H13N5O2/c1-9-14-10-4-2-3-5-12(10)18(9)7-6-17-8-11(13(19)20)15-16-17/h2-5,8H,6-7H2,1H3,(H,19,20). The van der Waals surface area contributed by atoms with Crippen LogP contribution in [0.25, 0.3) is 11.0 Å². The summed E-state index contributed by atoms with van der Waals surface area (Å²) in [5.74, 6) is -0.148. The fraction of sp³-hybridized carbons (Fsp3) is 0.231. The van der Waals surface area contributed by atoms with E-state index in [9.17, 15) is 4.79 Å². The summed E-state index contributed by atoms with van der Waals surface area (Å²) in [5.41, 5.74) is 1.97. The molecule has 0 bridgehead atoms. The second kappa shape index (κ2) is 4.76. The molecule has 0 aliphatic carbocycles. The van der Waals surface area contributed by atoms with Gasteiger partial charge < -0.3 is 9.67 Å². The predicted molar refractivity (Wildman–Crippen MR) is 71.5 cm³/mol. The van der Waals surface area contributed by atoms with E-state index in [1.807, 2.05) is 31.2 Å². The Morgan fingerprint density at radius 1 is 1.30 bits per heavy atom. The monoisotopic (exact) mass is 271 g/mol. The second-order valence-electron chi connectivity index (χ2n) is 4.47. The molecule has 102 valence electrons. The Morgan fingerprint density at radius 3 is 2.85 bits per heavy atom. The number of benzene rings is 1. The van der Waals surface area contributed by atoms with Gasteiger partial charge in [0.05, 0.1) is 23.8 Å². The van der Waals surface area contributed by atoms with E-state index in [0.29, 0.717) is 13.1 Å². The molecule has 0 fully saturated rings. The highest BCUT2D eigenvalue weighted by Gasteiger charge is 2.10. The number of fused-ring (bicyclic) bond motifs is 1. The minimum atomic E-state index is -1.07. The molecule has 0 aliphatic heterocycles. The molecule has 1 aromatic carbocycles. The Hall–Kier alpha value is -2.70. The van der Waals surface area contributed by atoms with Crippen molar-refractivity contribution in [2.45, 2.75) is 20.0 Å². The van der Waals surface area contributed by atoms with Crippen molar-refractivity contribution in [3.8, 4) is 0 Å². The average Bonchev–Trinajstić information content (AvgIpc) is 3.00. The zero-order valence-electron chi connectivity index (χ0n) is 10.9. The van der Waals surface area contributed by atoms with Crippen LogP contribution in [-0.2, 0) is 13.1 Å². The Bertz CT molecular complexity index is 774. The van der Waals surface area contributed by atoms with Crippen LogP contribution in [0.5, 0.6) is 0 Å². The third kappa shape index (κ3) is 2.13. The summed E-state index contributed by atoms with van der Waals surface area (Å²) in [6.07, 6.45) is 1.43. The first kappa shape index (κ1) is 12.3. The molecule has 3 rings (SSSR count). The highest BCUT2D eigenvalue weighted by Crippen LogP contribution is 2.15. The van der Waals surface area contributed by atoms with Gasteiger partial charge in [0.15, 0.2) is 5.69 Å². The molecule has 0 radical (unpaired) electrons. The van der Waals surface area contributed by atoms with E-state index in [-0.39, 0.29) is 5.69 Å². The summed E-state index contributed by atoms with van der Waals surface area (Å²) < 4.78 is 3.61. The van der Waals surface area contributed by atoms with Gasteiger partial charge in [-0.3, -0.25) is 0 Å². The van der Waals surface area contributed by atoms with Crippen molar-refractivity contribution in [3.05, 3.63) is 42.0 Å². The zero-order valence-corrected chi connectivity index (χ0v) is 10.9. The number of carbonyl (C=O) groups is 1. The molecular formula is C13H13N5O2. The van der Waals surface area contributed by atoms with Crippen LogP contribution in [0.4, 0.5) is 0 Å². The molecule has 0 saturated carbocycles. The first-order valence-corrected chi connectivity index (χ1v) is 6.20. The van der Waals surface area contributed by atoms with Gasteiger partial charge in [-0.2, -0.15) is 0 Å². The van der Waals surface area contributed by atoms with Crippen LogP contribution < -0.4 is 0 Å². The first-order valence-electron chi connectivity index (χ1n) is 6.20. The van der Waals surface area contributed by atoms with E-state index in [0.717, 1.165) is 16.9 Å². The highest BCUT2D eigenvalue weighted by molar-refractivity contribution is 5.84. The Morgan fingerprint density at radius 2 is 2.10 bits per heavy atom. The van der Waals surface area contributed by atoms with Crippen LogP contribution in [0.3, 0.4) is 0 Å². The number of aromatic carboxylic acids is 1. The number of aromatic nitrogens is 5. The maximum Gasteiger partial charge on any atom is 0.358 e. The van der Waals surface area contributed by atoms with E-state index in [2.05, 4.69) is 19.9 Å². The van der Waals surface area contributed by atoms with Crippen LogP contribution in [0.1, 0.15) is 16.3 Å². The fourth-order valence-corrected chi connectivity index (χ4v) is 2.19. The SMILES string of the molecule is Cc1nc2ccccc2n1CCn1cc(C(=O)O)nn1. The van der Waals surface area contributed by atoms with Crippen molar-refractivity contribution in [2.24, 2.45) is 0 Å². The average molecular weight is 271 g/mol. The molecule has 0 unspecified atom stereocenters. The molecule has 0 spiro atoms. The fourth-order valence-electron chi connectivity index (χ4n) is 2.19. The van der Waals surface area contributed by atoms with Gasteiger partial charge in [-0.15, -0.1) is 5.10 Å². The number of aryl methyl sites for hydroxylation is 3. The molecule has 1 N–H and O–H groups in total. The Kier molecular flexibility index (Phi) is 2.94. The number of hydrogen-bond donors (Lipinski definition) is 1. The largest absolute Gasteiger partial charge is 0.476 e. The maximum absolute atomic E-state index is 10.7. The van der Waals surface area contributed by atoms with Gasteiger partial charge in [0, 0.05) is 6.54 Å². The van der Waals surface area contributed by atoms with E-state index in [1.165, 1.54) is 10.9 Å². The van der Waals surface area contributed by atoms with Gasteiger partial charge in [-0.1, -0.05) is 17.3 Å². The summed E-state index contributed by atoms with van der Waals surface area (Å²) in [4.78, 5) is 15.2. The third-order valence-electron chi connectivity index (χ3n) is 3.16. The van der Waals surface area contributed by atoms with Crippen LogP contribution in [0.15, 0.2) is 30.5 Å². The molecule has 0 aliphatic rings. The van der Waals surface area contributed by atoms with Crippen molar-refractivity contribution in [2.75, 3.05) is 0 Å². The summed E-state index contributed by atoms with van der Waals surface area (Å²) >= 11 is 0. The van der Waals surface area contributed by atoms with Crippen molar-refractivity contribution in [1.29, 1.82) is 0 Å². The van der Waals surface area contributed by atoms with E-state index < -0.39 is 5.97 Å².